The normalized spacial score (nSPS) is 8.29. The van der Waals surface area contributed by atoms with Gasteiger partial charge >= 0.3 is 0 Å². The second kappa shape index (κ2) is 5.84. The molecule has 0 atom stereocenters. The largest absolute Gasteiger partial charge is 0.412 e. The van der Waals surface area contributed by atoms with Gasteiger partial charge in [-0.1, -0.05) is 41.0 Å². The first-order valence-electron chi connectivity index (χ1n) is 3.58. The van der Waals surface area contributed by atoms with Crippen molar-refractivity contribution < 1.29 is 11.0 Å². The van der Waals surface area contributed by atoms with Gasteiger partial charge in [-0.2, -0.15) is 10.3 Å². The predicted octanol–water partition coefficient (Wildman–Crippen LogP) is -2.79. The van der Waals surface area contributed by atoms with Crippen molar-refractivity contribution >= 4 is 18.5 Å². The molecule has 0 bridgehead atoms. The molecule has 5 N–H and O–H groups in total. The van der Waals surface area contributed by atoms with Crippen LogP contribution < -0.4 is 11.2 Å². The van der Waals surface area contributed by atoms with E-state index in [1.807, 2.05) is 37.6 Å². The summed E-state index contributed by atoms with van der Waals surface area (Å²) >= 11 is 0. The molecule has 6 nitrogen and oxygen atoms in total. The minimum atomic E-state index is 0. The molecule has 2 aromatic rings. The van der Waals surface area contributed by atoms with Crippen LogP contribution in [0.4, 0.5) is 0 Å². The Morgan fingerprint density at radius 2 is 1.79 bits per heavy atom. The zero-order valence-electron chi connectivity index (χ0n) is 7.31. The van der Waals surface area contributed by atoms with Crippen LogP contribution in [-0.2, 0) is 0 Å². The van der Waals surface area contributed by atoms with E-state index in [1.54, 1.807) is 0 Å². The van der Waals surface area contributed by atoms with Crippen molar-refractivity contribution in [2.75, 3.05) is 0 Å². The Bertz CT molecular complexity index is 340. The van der Waals surface area contributed by atoms with Gasteiger partial charge < -0.3 is 11.0 Å². The molecular weight excluding hydrogens is 183 g/mol. The highest BCUT2D eigenvalue weighted by Gasteiger charge is 2.01. The number of aromatic nitrogens is 4. The van der Waals surface area contributed by atoms with Crippen LogP contribution in [0.5, 0.6) is 0 Å². The number of aromatic amines is 1. The molecule has 1 aromatic carbocycles. The maximum atomic E-state index is 3.81. The second-order valence-corrected chi connectivity index (χ2v) is 2.33. The van der Waals surface area contributed by atoms with Crippen molar-refractivity contribution in [1.82, 2.24) is 20.6 Å². The molecule has 1 radical (unpaired) electrons. The first-order valence-corrected chi connectivity index (χ1v) is 3.58. The highest BCUT2D eigenvalue weighted by molar-refractivity contribution is 6.65. The van der Waals surface area contributed by atoms with Crippen LogP contribution >= 0.6 is 0 Å². The van der Waals surface area contributed by atoms with Crippen LogP contribution in [0.25, 0.3) is 0 Å². The molecule has 1 heterocycles. The fourth-order valence-corrected chi connectivity index (χ4v) is 0.929. The summed E-state index contributed by atoms with van der Waals surface area (Å²) in [5.74, 6) is 0. The quantitative estimate of drug-likeness (QED) is 0.519. The van der Waals surface area contributed by atoms with Gasteiger partial charge in [0.15, 0.2) is 0 Å². The van der Waals surface area contributed by atoms with Crippen LogP contribution in [0.2, 0.25) is 0 Å². The minimum Gasteiger partial charge on any atom is -0.412 e. The summed E-state index contributed by atoms with van der Waals surface area (Å²) in [6, 6.07) is 9.86. The number of hydrogen-bond acceptors (Lipinski definition) is 3. The van der Waals surface area contributed by atoms with Crippen molar-refractivity contribution in [1.29, 1.82) is 0 Å². The lowest BCUT2D eigenvalue weighted by Gasteiger charge is -1.91. The molecule has 7 heteroatoms. The number of H-pyrrole nitrogens is 1. The molecule has 0 amide bonds. The Morgan fingerprint density at radius 3 is 2.36 bits per heavy atom. The van der Waals surface area contributed by atoms with E-state index in [1.165, 1.54) is 0 Å². The maximum absolute atomic E-state index is 3.81. The summed E-state index contributed by atoms with van der Waals surface area (Å²) in [5.41, 5.74) is 1.67. The molecule has 0 aliphatic rings. The van der Waals surface area contributed by atoms with Gasteiger partial charge in [0.2, 0.25) is 7.28 Å². The van der Waals surface area contributed by atoms with Gasteiger partial charge in [0.1, 0.15) is 5.72 Å². The van der Waals surface area contributed by atoms with Gasteiger partial charge in [-0.3, -0.25) is 0 Å². The van der Waals surface area contributed by atoms with E-state index in [0.29, 0.717) is 5.72 Å². The Hall–Kier alpha value is -1.73. The Kier molecular flexibility index (Phi) is 5.12. The molecule has 73 valence electrons. The summed E-state index contributed by atoms with van der Waals surface area (Å²) in [6.07, 6.45) is 0. The number of hydrogen-bond donors (Lipinski definition) is 1. The molecule has 0 aliphatic heterocycles. The van der Waals surface area contributed by atoms with Crippen molar-refractivity contribution in [3.05, 3.63) is 30.3 Å². The molecular formula is C7H10BN4O2. The van der Waals surface area contributed by atoms with Crippen LogP contribution in [0.1, 0.15) is 0 Å². The number of nitrogens with zero attached hydrogens (tertiary/aromatic N) is 3. The third-order valence-electron chi connectivity index (χ3n) is 1.46. The molecule has 0 aliphatic carbocycles. The average molecular weight is 193 g/mol. The molecule has 14 heavy (non-hydrogen) atoms. The van der Waals surface area contributed by atoms with Gasteiger partial charge in [0.05, 0.1) is 0 Å². The monoisotopic (exact) mass is 193 g/mol. The van der Waals surface area contributed by atoms with E-state index < -0.39 is 0 Å². The highest BCUT2D eigenvalue weighted by atomic mass is 16.0. The van der Waals surface area contributed by atoms with Crippen molar-refractivity contribution in [2.24, 2.45) is 0 Å². The van der Waals surface area contributed by atoms with Gasteiger partial charge in [0, 0.05) is 0 Å². The first-order chi connectivity index (χ1) is 5.95. The lowest BCUT2D eigenvalue weighted by Crippen LogP contribution is -2.29. The van der Waals surface area contributed by atoms with Crippen LogP contribution in [-0.4, -0.2) is 38.9 Å². The third kappa shape index (κ3) is 2.96. The number of tetrazole rings is 1. The Morgan fingerprint density at radius 1 is 1.07 bits per heavy atom. The van der Waals surface area contributed by atoms with E-state index in [-0.39, 0.29) is 11.0 Å². The Balaban J connectivity index is 0.000000845. The summed E-state index contributed by atoms with van der Waals surface area (Å²) in [5, 5.41) is 13.5. The molecule has 0 saturated carbocycles. The van der Waals surface area contributed by atoms with E-state index >= 15 is 0 Å². The van der Waals surface area contributed by atoms with Gasteiger partial charge in [-0.05, 0) is 0 Å². The van der Waals surface area contributed by atoms with Gasteiger partial charge in [-0.25, -0.2) is 0 Å². The topological polar surface area (TPSA) is 117 Å². The average Bonchev–Trinajstić information content (AvgIpc) is 2.59. The van der Waals surface area contributed by atoms with Crippen molar-refractivity contribution in [2.45, 2.75) is 0 Å². The zero-order chi connectivity index (χ0) is 8.23. The molecule has 0 fully saturated rings. The van der Waals surface area contributed by atoms with Crippen molar-refractivity contribution in [3.63, 3.8) is 0 Å². The summed E-state index contributed by atoms with van der Waals surface area (Å²) < 4.78 is 0. The fraction of sp³-hybridized carbons (Fsp3) is 0. The van der Waals surface area contributed by atoms with Gasteiger partial charge in [-0.15, -0.1) is 5.10 Å². The smallest absolute Gasteiger partial charge is 0.248 e. The standard InChI is InChI=1S/C7H6BN4.2H2O/c1-2-4-6(5-3-1)8-7-9-11-12-10-7;;/h1-5H,(H,9,10,11,12);2*1H2. The lowest BCUT2D eigenvalue weighted by molar-refractivity contribution is 0.823. The maximum Gasteiger partial charge on any atom is 0.248 e. The van der Waals surface area contributed by atoms with Gasteiger partial charge in [0.25, 0.3) is 0 Å². The Labute approximate surface area is 81.2 Å². The minimum absolute atomic E-state index is 0. The number of benzene rings is 1. The second-order valence-electron chi connectivity index (χ2n) is 2.33. The molecule has 0 spiro atoms. The summed E-state index contributed by atoms with van der Waals surface area (Å²) in [4.78, 5) is 0. The van der Waals surface area contributed by atoms with E-state index in [4.69, 9.17) is 0 Å². The molecule has 0 unspecified atom stereocenters. The molecule has 1 aromatic heterocycles. The zero-order valence-corrected chi connectivity index (χ0v) is 7.31. The predicted molar refractivity (Wildman–Crippen MR) is 52.9 cm³/mol. The third-order valence-corrected chi connectivity index (χ3v) is 1.46. The first kappa shape index (κ1) is 12.3. The van der Waals surface area contributed by atoms with Crippen LogP contribution in [0, 0.1) is 0 Å². The van der Waals surface area contributed by atoms with Crippen LogP contribution in [0.3, 0.4) is 0 Å². The summed E-state index contributed by atoms with van der Waals surface area (Å²) in [7, 11) is 1.85. The fourth-order valence-electron chi connectivity index (χ4n) is 0.929. The molecule has 2 rings (SSSR count). The van der Waals surface area contributed by atoms with Crippen LogP contribution in [0.15, 0.2) is 30.3 Å². The lowest BCUT2D eigenvalue weighted by atomic mass is 9.70. The van der Waals surface area contributed by atoms with E-state index in [0.717, 1.165) is 5.46 Å². The highest BCUT2D eigenvalue weighted by Crippen LogP contribution is 1.79. The SMILES string of the molecule is O.O.[B](c1ccccc1)c1nn[nH]n1. The summed E-state index contributed by atoms with van der Waals surface area (Å²) in [6.45, 7) is 0. The number of rotatable bonds is 2. The molecule has 0 saturated heterocycles. The van der Waals surface area contributed by atoms with E-state index in [2.05, 4.69) is 20.6 Å². The number of nitrogens with one attached hydrogen (secondary N) is 1. The van der Waals surface area contributed by atoms with E-state index in [9.17, 15) is 0 Å². The van der Waals surface area contributed by atoms with Crippen molar-refractivity contribution in [3.8, 4) is 0 Å².